The lowest BCUT2D eigenvalue weighted by molar-refractivity contribution is 0.0945. The molecule has 0 bridgehead atoms. The minimum absolute atomic E-state index is 0.136. The molecule has 1 amide bonds. The fraction of sp³-hybridized carbons (Fsp3) is 0.375. The molecule has 0 unspecified atom stereocenters. The number of ether oxygens (including phenoxy) is 1. The Kier molecular flexibility index (Phi) is 5.82. The molecule has 10 heteroatoms. The number of halogens is 1. The topological polar surface area (TPSA) is 87.5 Å². The van der Waals surface area contributed by atoms with Crippen molar-refractivity contribution in [3.05, 3.63) is 47.5 Å². The predicted octanol–water partition coefficient (Wildman–Crippen LogP) is 2.41. The van der Waals surface area contributed by atoms with Crippen molar-refractivity contribution in [1.82, 2.24) is 24.8 Å². The van der Waals surface area contributed by atoms with Crippen molar-refractivity contribution in [2.45, 2.75) is 6.42 Å². The smallest absolute Gasteiger partial charge is 0.253 e. The number of benzene rings is 1. The number of likely N-dealkylation sites (N-methyl/N-ethyl adjacent to an activating group) is 1. The fourth-order valence-corrected chi connectivity index (χ4v) is 4.54. The summed E-state index contributed by atoms with van der Waals surface area (Å²) in [6.45, 7) is 4.43. The number of rotatable bonds is 5. The Labute approximate surface area is 197 Å². The van der Waals surface area contributed by atoms with Gasteiger partial charge in [-0.25, -0.2) is 14.4 Å². The van der Waals surface area contributed by atoms with Crippen LogP contribution in [0.5, 0.6) is 5.75 Å². The van der Waals surface area contributed by atoms with E-state index in [2.05, 4.69) is 37.4 Å². The number of piperazine rings is 1. The van der Waals surface area contributed by atoms with Crippen LogP contribution in [0.15, 0.2) is 30.5 Å². The van der Waals surface area contributed by atoms with E-state index in [0.29, 0.717) is 35.7 Å². The van der Waals surface area contributed by atoms with Crippen LogP contribution in [0.25, 0.3) is 11.4 Å². The largest absolute Gasteiger partial charge is 0.495 e. The van der Waals surface area contributed by atoms with Crippen LogP contribution in [-0.2, 0) is 13.5 Å². The molecule has 1 fully saturated rings. The van der Waals surface area contributed by atoms with Crippen molar-refractivity contribution in [3.63, 3.8) is 0 Å². The van der Waals surface area contributed by atoms with Crippen LogP contribution in [-0.4, -0.2) is 72.2 Å². The predicted molar refractivity (Wildman–Crippen MR) is 128 cm³/mol. The highest BCUT2D eigenvalue weighted by molar-refractivity contribution is 5.97. The van der Waals surface area contributed by atoms with Crippen LogP contribution in [0, 0.1) is 5.82 Å². The van der Waals surface area contributed by atoms with Crippen molar-refractivity contribution in [2.24, 2.45) is 7.05 Å². The fourth-order valence-electron chi connectivity index (χ4n) is 4.54. The molecule has 178 valence electrons. The van der Waals surface area contributed by atoms with Crippen LogP contribution >= 0.6 is 0 Å². The number of amides is 1. The Morgan fingerprint density at radius 1 is 1.15 bits per heavy atom. The van der Waals surface area contributed by atoms with Gasteiger partial charge >= 0.3 is 0 Å². The molecule has 34 heavy (non-hydrogen) atoms. The van der Waals surface area contributed by atoms with Crippen molar-refractivity contribution in [2.75, 3.05) is 57.1 Å². The van der Waals surface area contributed by atoms with Crippen molar-refractivity contribution in [1.29, 1.82) is 0 Å². The summed E-state index contributed by atoms with van der Waals surface area (Å²) in [5.74, 6) is 0.177. The number of aromatic nitrogens is 3. The van der Waals surface area contributed by atoms with Gasteiger partial charge in [-0.3, -0.25) is 4.79 Å². The third-order valence-corrected chi connectivity index (χ3v) is 6.53. The summed E-state index contributed by atoms with van der Waals surface area (Å²) in [6, 6.07) is 7.63. The molecular weight excluding hydrogens is 437 g/mol. The average Bonchev–Trinajstić information content (AvgIpc) is 3.18. The molecule has 3 aromatic rings. The number of hydrogen-bond acceptors (Lipinski definition) is 7. The molecule has 9 nitrogen and oxygen atoms in total. The monoisotopic (exact) mass is 465 g/mol. The van der Waals surface area contributed by atoms with Gasteiger partial charge in [-0.1, -0.05) is 0 Å². The van der Waals surface area contributed by atoms with E-state index in [1.54, 1.807) is 13.2 Å². The third-order valence-electron chi connectivity index (χ3n) is 6.53. The molecule has 2 aliphatic heterocycles. The number of fused-ring (bicyclic) bond motifs is 1. The van der Waals surface area contributed by atoms with E-state index >= 15 is 0 Å². The third kappa shape index (κ3) is 4.05. The number of hydrogen-bond donors (Lipinski definition) is 2. The number of anilines is 3. The zero-order chi connectivity index (χ0) is 23.8. The lowest BCUT2D eigenvalue weighted by atomic mass is 10.1. The van der Waals surface area contributed by atoms with Crippen LogP contribution in [0.1, 0.15) is 16.1 Å². The van der Waals surface area contributed by atoms with E-state index in [1.807, 2.05) is 29.8 Å². The molecule has 2 aromatic heterocycles. The normalized spacial score (nSPS) is 16.2. The number of nitrogens with zero attached hydrogens (tertiary/aromatic N) is 5. The molecule has 0 saturated carbocycles. The van der Waals surface area contributed by atoms with E-state index < -0.39 is 5.82 Å². The number of methoxy groups -OCH3 is 1. The van der Waals surface area contributed by atoms with E-state index in [-0.39, 0.29) is 17.5 Å². The molecule has 1 aromatic carbocycles. The number of carbonyl (C=O) groups excluding carboxylic acids is 1. The SMILES string of the molecule is COc1ccc(N2CCN(C)CC2)cc1Nc1ncc(F)c(-c2cc3c(n2C)CCNC3=O)n1. The zero-order valence-electron chi connectivity index (χ0n) is 19.6. The Bertz CT molecular complexity index is 1230. The first-order valence-electron chi connectivity index (χ1n) is 11.3. The zero-order valence-corrected chi connectivity index (χ0v) is 19.6. The molecule has 4 heterocycles. The highest BCUT2D eigenvalue weighted by Crippen LogP contribution is 2.33. The molecule has 0 radical (unpaired) electrons. The minimum Gasteiger partial charge on any atom is -0.495 e. The van der Waals surface area contributed by atoms with Gasteiger partial charge in [0.15, 0.2) is 5.82 Å². The molecule has 2 N–H and O–H groups in total. The van der Waals surface area contributed by atoms with E-state index in [4.69, 9.17) is 4.74 Å². The summed E-state index contributed by atoms with van der Waals surface area (Å²) in [7, 11) is 5.55. The molecule has 0 spiro atoms. The van der Waals surface area contributed by atoms with Gasteiger partial charge in [-0.05, 0) is 31.3 Å². The first kappa shape index (κ1) is 22.1. The van der Waals surface area contributed by atoms with E-state index in [9.17, 15) is 9.18 Å². The van der Waals surface area contributed by atoms with Gasteiger partial charge in [-0.2, -0.15) is 0 Å². The Morgan fingerprint density at radius 3 is 2.68 bits per heavy atom. The second-order valence-electron chi connectivity index (χ2n) is 8.64. The van der Waals surface area contributed by atoms with Gasteiger partial charge in [0, 0.05) is 57.6 Å². The molecule has 1 saturated heterocycles. The lowest BCUT2D eigenvalue weighted by Gasteiger charge is -2.34. The van der Waals surface area contributed by atoms with Gasteiger partial charge in [-0.15, -0.1) is 0 Å². The molecule has 2 aliphatic rings. The van der Waals surface area contributed by atoms with Crippen LogP contribution in [0.4, 0.5) is 21.7 Å². The summed E-state index contributed by atoms with van der Waals surface area (Å²) in [5.41, 5.74) is 3.85. The van der Waals surface area contributed by atoms with Crippen molar-refractivity contribution in [3.8, 4) is 17.1 Å². The Morgan fingerprint density at radius 2 is 1.94 bits per heavy atom. The van der Waals surface area contributed by atoms with Gasteiger partial charge in [0.1, 0.15) is 11.4 Å². The highest BCUT2D eigenvalue weighted by Gasteiger charge is 2.25. The van der Waals surface area contributed by atoms with E-state index in [1.165, 1.54) is 0 Å². The minimum atomic E-state index is -0.554. The van der Waals surface area contributed by atoms with E-state index in [0.717, 1.165) is 43.8 Å². The van der Waals surface area contributed by atoms with Crippen LogP contribution < -0.4 is 20.3 Å². The van der Waals surface area contributed by atoms with Gasteiger partial charge in [0.05, 0.1) is 30.3 Å². The summed E-state index contributed by atoms with van der Waals surface area (Å²) >= 11 is 0. The summed E-state index contributed by atoms with van der Waals surface area (Å²) in [5, 5.41) is 6.02. The maximum Gasteiger partial charge on any atom is 0.253 e. The number of carbonyl (C=O) groups is 1. The quantitative estimate of drug-likeness (QED) is 0.598. The standard InChI is InChI=1S/C24H28FN7O2/c1-30-8-10-32(11-9-30)15-4-5-21(34-3)18(12-15)28-24-27-14-17(25)22(29-24)20-13-16-19(31(20)2)6-7-26-23(16)33/h4-5,12-14H,6-11H2,1-3H3,(H,26,33)(H,27,28,29). The average molecular weight is 466 g/mol. The van der Waals surface area contributed by atoms with Crippen molar-refractivity contribution < 1.29 is 13.9 Å². The van der Waals surface area contributed by atoms with Crippen LogP contribution in [0.3, 0.4) is 0 Å². The number of nitrogens with one attached hydrogen (secondary N) is 2. The summed E-state index contributed by atoms with van der Waals surface area (Å²) in [6.07, 6.45) is 1.83. The molecule has 0 aliphatic carbocycles. The molecule has 5 rings (SSSR count). The van der Waals surface area contributed by atoms with Gasteiger partial charge in [0.2, 0.25) is 5.95 Å². The van der Waals surface area contributed by atoms with Gasteiger partial charge < -0.3 is 29.7 Å². The second kappa shape index (κ2) is 8.94. The molecule has 0 atom stereocenters. The summed E-state index contributed by atoms with van der Waals surface area (Å²) < 4.78 is 22.2. The lowest BCUT2D eigenvalue weighted by Crippen LogP contribution is -2.44. The summed E-state index contributed by atoms with van der Waals surface area (Å²) in [4.78, 5) is 25.5. The maximum absolute atomic E-state index is 14.8. The first-order valence-corrected chi connectivity index (χ1v) is 11.3. The van der Waals surface area contributed by atoms with Crippen LogP contribution in [0.2, 0.25) is 0 Å². The maximum atomic E-state index is 14.8. The van der Waals surface area contributed by atoms with Crippen molar-refractivity contribution >= 4 is 23.2 Å². The molecular formula is C24H28FN7O2. The second-order valence-corrected chi connectivity index (χ2v) is 8.64. The Balaban J connectivity index is 1.47. The van der Waals surface area contributed by atoms with Gasteiger partial charge in [0.25, 0.3) is 5.91 Å². The Hall–Kier alpha value is -3.66. The first-order chi connectivity index (χ1) is 16.4. The highest BCUT2D eigenvalue weighted by atomic mass is 19.1.